The molecule has 4 heteroatoms. The fourth-order valence-corrected chi connectivity index (χ4v) is 4.42. The van der Waals surface area contributed by atoms with Gasteiger partial charge in [-0.1, -0.05) is 12.1 Å². The first-order chi connectivity index (χ1) is 13.9. The summed E-state index contributed by atoms with van der Waals surface area (Å²) in [7, 11) is 0. The van der Waals surface area contributed by atoms with Gasteiger partial charge in [0.1, 0.15) is 0 Å². The van der Waals surface area contributed by atoms with Gasteiger partial charge >= 0.3 is 0 Å². The van der Waals surface area contributed by atoms with Crippen LogP contribution in [0.2, 0.25) is 0 Å². The molecule has 0 saturated carbocycles. The quantitative estimate of drug-likeness (QED) is 0.569. The first kappa shape index (κ1) is 19.7. The number of carbonyl (C=O) groups excluding carboxylic acids is 1. The molecule has 1 fully saturated rings. The van der Waals surface area contributed by atoms with Crippen molar-refractivity contribution in [1.82, 2.24) is 14.9 Å². The summed E-state index contributed by atoms with van der Waals surface area (Å²) in [6, 6.07) is 13.4. The van der Waals surface area contributed by atoms with Crippen LogP contribution in [0.3, 0.4) is 0 Å². The lowest BCUT2D eigenvalue weighted by Gasteiger charge is -2.20. The number of aromatic nitrogens is 2. The molecular weight excluding hydrogens is 358 g/mol. The van der Waals surface area contributed by atoms with E-state index in [4.69, 9.17) is 4.98 Å². The van der Waals surface area contributed by atoms with Crippen molar-refractivity contribution in [1.29, 1.82) is 0 Å². The van der Waals surface area contributed by atoms with Crippen LogP contribution in [0.25, 0.3) is 22.2 Å². The smallest absolute Gasteiger partial charge is 0.161 e. The van der Waals surface area contributed by atoms with Gasteiger partial charge in [-0.15, -0.1) is 0 Å². The molecule has 0 radical (unpaired) electrons. The molecule has 0 aliphatic carbocycles. The zero-order valence-electron chi connectivity index (χ0n) is 17.8. The van der Waals surface area contributed by atoms with E-state index >= 15 is 0 Å². The van der Waals surface area contributed by atoms with Crippen molar-refractivity contribution >= 4 is 16.7 Å². The Labute approximate surface area is 173 Å². The minimum Gasteiger partial charge on any atom is -0.300 e. The Hall–Kier alpha value is -2.59. The summed E-state index contributed by atoms with van der Waals surface area (Å²) >= 11 is 0. The lowest BCUT2D eigenvalue weighted by Crippen LogP contribution is -2.28. The average Bonchev–Trinajstić information content (AvgIpc) is 3.10. The van der Waals surface area contributed by atoms with E-state index in [2.05, 4.69) is 41.1 Å². The van der Waals surface area contributed by atoms with Crippen LogP contribution in [-0.4, -0.2) is 39.8 Å². The fourth-order valence-electron chi connectivity index (χ4n) is 4.42. The molecule has 0 amide bonds. The molecule has 4 nitrogen and oxygen atoms in total. The summed E-state index contributed by atoms with van der Waals surface area (Å²) in [6.45, 7) is 10.1. The summed E-state index contributed by atoms with van der Waals surface area (Å²) in [5, 5.41) is 1.16. The average molecular weight is 388 g/mol. The standard InChI is InChI=1S/C25H29N3O/c1-16-6-5-12-28(16)13-11-20-7-9-24-21(14-20)8-10-25(27-24)23-15-22(19(4)29)17(2)26-18(23)3/h7-10,14-16H,5-6,11-13H2,1-4H3/t16-/m1/s1. The number of hydrogen-bond donors (Lipinski definition) is 0. The minimum atomic E-state index is 0.0361. The largest absolute Gasteiger partial charge is 0.300 e. The van der Waals surface area contributed by atoms with Gasteiger partial charge in [-0.3, -0.25) is 9.78 Å². The third-order valence-corrected chi connectivity index (χ3v) is 6.19. The summed E-state index contributed by atoms with van der Waals surface area (Å²) in [6.07, 6.45) is 3.72. The predicted molar refractivity (Wildman–Crippen MR) is 118 cm³/mol. The lowest BCUT2D eigenvalue weighted by molar-refractivity contribution is 0.101. The Morgan fingerprint density at radius 3 is 2.66 bits per heavy atom. The van der Waals surface area contributed by atoms with Crippen LogP contribution in [0.1, 0.15) is 54.0 Å². The number of carbonyl (C=O) groups is 1. The van der Waals surface area contributed by atoms with Crippen LogP contribution in [-0.2, 0) is 6.42 Å². The summed E-state index contributed by atoms with van der Waals surface area (Å²) in [5.74, 6) is 0.0361. The van der Waals surface area contributed by atoms with Crippen LogP contribution in [0, 0.1) is 13.8 Å². The van der Waals surface area contributed by atoms with Gasteiger partial charge in [0.2, 0.25) is 0 Å². The van der Waals surface area contributed by atoms with Gasteiger partial charge in [0.15, 0.2) is 5.78 Å². The fraction of sp³-hybridized carbons (Fsp3) is 0.400. The van der Waals surface area contributed by atoms with Crippen molar-refractivity contribution in [3.05, 3.63) is 58.9 Å². The Morgan fingerprint density at radius 2 is 1.93 bits per heavy atom. The molecule has 4 rings (SSSR count). The number of Topliss-reactive ketones (excluding diaryl/α,β-unsaturated/α-hetero) is 1. The van der Waals surface area contributed by atoms with Crippen LogP contribution in [0.15, 0.2) is 36.4 Å². The van der Waals surface area contributed by atoms with E-state index in [1.807, 2.05) is 26.0 Å². The molecule has 0 bridgehead atoms. The zero-order valence-corrected chi connectivity index (χ0v) is 17.8. The van der Waals surface area contributed by atoms with Gasteiger partial charge in [0.25, 0.3) is 0 Å². The van der Waals surface area contributed by atoms with E-state index in [0.717, 1.165) is 46.5 Å². The van der Waals surface area contributed by atoms with Crippen molar-refractivity contribution in [2.45, 2.75) is 53.0 Å². The monoisotopic (exact) mass is 387 g/mol. The van der Waals surface area contributed by atoms with E-state index in [1.54, 1.807) is 6.92 Å². The number of pyridine rings is 2. The predicted octanol–water partition coefficient (Wildman–Crippen LogP) is 5.14. The van der Waals surface area contributed by atoms with E-state index < -0.39 is 0 Å². The number of likely N-dealkylation sites (tertiary alicyclic amines) is 1. The Bertz CT molecular complexity index is 1070. The second kappa shape index (κ2) is 8.03. The highest BCUT2D eigenvalue weighted by Gasteiger charge is 2.19. The molecule has 0 unspecified atom stereocenters. The molecule has 1 aromatic carbocycles. The van der Waals surface area contributed by atoms with Crippen molar-refractivity contribution < 1.29 is 4.79 Å². The van der Waals surface area contributed by atoms with Gasteiger partial charge in [-0.25, -0.2) is 4.98 Å². The maximum absolute atomic E-state index is 11.9. The third kappa shape index (κ3) is 4.08. The Kier molecular flexibility index (Phi) is 5.46. The molecule has 2 aromatic heterocycles. The van der Waals surface area contributed by atoms with Gasteiger partial charge in [0.05, 0.1) is 11.2 Å². The lowest BCUT2D eigenvalue weighted by atomic mass is 10.0. The number of fused-ring (bicyclic) bond motifs is 1. The second-order valence-corrected chi connectivity index (χ2v) is 8.31. The number of rotatable bonds is 5. The first-order valence-corrected chi connectivity index (χ1v) is 10.6. The van der Waals surface area contributed by atoms with E-state index in [9.17, 15) is 4.79 Å². The van der Waals surface area contributed by atoms with Crippen LogP contribution in [0.4, 0.5) is 0 Å². The molecule has 3 heterocycles. The number of hydrogen-bond acceptors (Lipinski definition) is 4. The molecule has 29 heavy (non-hydrogen) atoms. The molecule has 1 aliphatic rings. The maximum atomic E-state index is 11.9. The van der Waals surface area contributed by atoms with Crippen molar-refractivity contribution in [2.75, 3.05) is 13.1 Å². The number of benzene rings is 1. The molecule has 0 spiro atoms. The van der Waals surface area contributed by atoms with E-state index in [0.29, 0.717) is 11.6 Å². The molecule has 1 aliphatic heterocycles. The minimum absolute atomic E-state index is 0.0361. The topological polar surface area (TPSA) is 46.1 Å². The first-order valence-electron chi connectivity index (χ1n) is 10.6. The molecule has 0 N–H and O–H groups in total. The van der Waals surface area contributed by atoms with Gasteiger partial charge in [-0.05, 0) is 83.3 Å². The SMILES string of the molecule is CC(=O)c1cc(-c2ccc3cc(CCN4CCC[C@H]4C)ccc3n2)c(C)nc1C. The molecule has 1 atom stereocenters. The normalized spacial score (nSPS) is 17.2. The zero-order chi connectivity index (χ0) is 20.5. The Morgan fingerprint density at radius 1 is 1.10 bits per heavy atom. The molecule has 150 valence electrons. The second-order valence-electron chi connectivity index (χ2n) is 8.31. The number of ketones is 1. The summed E-state index contributed by atoms with van der Waals surface area (Å²) < 4.78 is 0. The van der Waals surface area contributed by atoms with Crippen LogP contribution >= 0.6 is 0 Å². The van der Waals surface area contributed by atoms with Crippen molar-refractivity contribution in [3.8, 4) is 11.3 Å². The summed E-state index contributed by atoms with van der Waals surface area (Å²) in [5.41, 5.74) is 6.47. The van der Waals surface area contributed by atoms with Gasteiger partial charge < -0.3 is 4.90 Å². The van der Waals surface area contributed by atoms with E-state index in [-0.39, 0.29) is 5.78 Å². The molecular formula is C25H29N3O. The highest BCUT2D eigenvalue weighted by Crippen LogP contribution is 2.26. The van der Waals surface area contributed by atoms with Crippen LogP contribution in [0.5, 0.6) is 0 Å². The third-order valence-electron chi connectivity index (χ3n) is 6.19. The van der Waals surface area contributed by atoms with Crippen molar-refractivity contribution in [2.24, 2.45) is 0 Å². The molecule has 1 saturated heterocycles. The summed E-state index contributed by atoms with van der Waals surface area (Å²) in [4.78, 5) is 23.9. The van der Waals surface area contributed by atoms with E-state index in [1.165, 1.54) is 24.9 Å². The highest BCUT2D eigenvalue weighted by molar-refractivity contribution is 5.96. The highest BCUT2D eigenvalue weighted by atomic mass is 16.1. The maximum Gasteiger partial charge on any atom is 0.161 e. The number of aryl methyl sites for hydroxylation is 2. The van der Waals surface area contributed by atoms with Crippen LogP contribution < -0.4 is 0 Å². The number of nitrogens with zero attached hydrogens (tertiary/aromatic N) is 3. The van der Waals surface area contributed by atoms with Gasteiger partial charge in [-0.2, -0.15) is 0 Å². The van der Waals surface area contributed by atoms with Crippen molar-refractivity contribution in [3.63, 3.8) is 0 Å². The van der Waals surface area contributed by atoms with Gasteiger partial charge in [0, 0.05) is 40.5 Å². The molecule has 3 aromatic rings. The Balaban J connectivity index is 1.60.